The Morgan fingerprint density at radius 2 is 2.00 bits per heavy atom. The van der Waals surface area contributed by atoms with Gasteiger partial charge in [0.05, 0.1) is 5.25 Å². The Labute approximate surface area is 163 Å². The number of hydrogen-bond acceptors (Lipinski definition) is 6. The molecule has 5 nitrogen and oxygen atoms in total. The zero-order chi connectivity index (χ0) is 18.3. The van der Waals surface area contributed by atoms with E-state index in [-0.39, 0.29) is 12.0 Å². The average Bonchev–Trinajstić information content (AvgIpc) is 3.30. The van der Waals surface area contributed by atoms with E-state index in [4.69, 9.17) is 9.47 Å². The summed E-state index contributed by atoms with van der Waals surface area (Å²) in [5, 5.41) is 12.9. The summed E-state index contributed by atoms with van der Waals surface area (Å²) in [5.74, 6) is 1.44. The van der Waals surface area contributed by atoms with Gasteiger partial charge in [0.15, 0.2) is 22.4 Å². The van der Waals surface area contributed by atoms with Gasteiger partial charge in [-0.15, -0.1) is 0 Å². The van der Waals surface area contributed by atoms with Gasteiger partial charge in [0.25, 0.3) is 0 Å². The molecule has 6 heteroatoms. The van der Waals surface area contributed by atoms with E-state index in [2.05, 4.69) is 34.2 Å². The number of aliphatic hydroxyl groups is 1. The molecule has 0 bridgehead atoms. The molecule has 1 N–H and O–H groups in total. The van der Waals surface area contributed by atoms with Crippen LogP contribution in [0.3, 0.4) is 0 Å². The summed E-state index contributed by atoms with van der Waals surface area (Å²) >= 11 is 1.70. The van der Waals surface area contributed by atoms with E-state index >= 15 is 0 Å². The zero-order valence-corrected chi connectivity index (χ0v) is 15.8. The maximum absolute atomic E-state index is 12.0. The number of benzene rings is 2. The third-order valence-electron chi connectivity index (χ3n) is 5.46. The van der Waals surface area contributed by atoms with E-state index in [1.165, 1.54) is 5.56 Å². The van der Waals surface area contributed by atoms with Crippen molar-refractivity contribution in [3.05, 3.63) is 59.7 Å². The molecule has 0 saturated carbocycles. The lowest BCUT2D eigenvalue weighted by atomic mass is 9.92. The number of fused-ring (bicyclic) bond motifs is 2. The van der Waals surface area contributed by atoms with Crippen LogP contribution < -0.4 is 9.47 Å². The second-order valence-corrected chi connectivity index (χ2v) is 8.26. The van der Waals surface area contributed by atoms with Gasteiger partial charge < -0.3 is 19.5 Å². The van der Waals surface area contributed by atoms with Gasteiger partial charge in [0.2, 0.25) is 6.79 Å². The summed E-state index contributed by atoms with van der Waals surface area (Å²) in [7, 11) is 0. The lowest BCUT2D eigenvalue weighted by Crippen LogP contribution is -2.50. The molecule has 2 atom stereocenters. The van der Waals surface area contributed by atoms with Crippen molar-refractivity contribution in [3.8, 4) is 11.5 Å². The fourth-order valence-corrected chi connectivity index (χ4v) is 5.50. The standard InChI is InChI=1S/C21H22N2O3S/c24-21(16-8-9-17-18(13-16)26-14-25-17)19(10-7-15-5-2-1-3-6-15)27-20-22-11-4-12-23(20)21/h1-3,5-6,8-9,13,19,24H,4,7,10-12,14H2. The molecule has 0 spiro atoms. The molecule has 0 aliphatic carbocycles. The van der Waals surface area contributed by atoms with Gasteiger partial charge in [-0.05, 0) is 37.0 Å². The maximum Gasteiger partial charge on any atom is 0.231 e. The van der Waals surface area contributed by atoms with Gasteiger partial charge >= 0.3 is 0 Å². The smallest absolute Gasteiger partial charge is 0.231 e. The number of amidine groups is 1. The van der Waals surface area contributed by atoms with Gasteiger partial charge in [0.1, 0.15) is 0 Å². The highest BCUT2D eigenvalue weighted by atomic mass is 32.2. The monoisotopic (exact) mass is 382 g/mol. The van der Waals surface area contributed by atoms with Gasteiger partial charge in [-0.3, -0.25) is 4.99 Å². The van der Waals surface area contributed by atoms with E-state index < -0.39 is 5.72 Å². The molecule has 0 aromatic heterocycles. The average molecular weight is 382 g/mol. The fourth-order valence-electron chi connectivity index (χ4n) is 4.05. The molecule has 3 aliphatic heterocycles. The maximum atomic E-state index is 12.0. The minimum atomic E-state index is -1.08. The van der Waals surface area contributed by atoms with Crippen molar-refractivity contribution in [3.63, 3.8) is 0 Å². The first-order valence-electron chi connectivity index (χ1n) is 9.40. The molecule has 3 aliphatic rings. The normalized spacial score (nSPS) is 26.0. The number of aliphatic imine (C=N–C) groups is 1. The Kier molecular flexibility index (Phi) is 4.25. The number of hydrogen-bond donors (Lipinski definition) is 1. The van der Waals surface area contributed by atoms with Gasteiger partial charge in [-0.25, -0.2) is 0 Å². The van der Waals surface area contributed by atoms with Crippen LogP contribution in [0.25, 0.3) is 0 Å². The molecular weight excluding hydrogens is 360 g/mol. The predicted octanol–water partition coefficient (Wildman–Crippen LogP) is 3.37. The van der Waals surface area contributed by atoms with Crippen molar-refractivity contribution in [2.45, 2.75) is 30.2 Å². The minimum Gasteiger partial charge on any atom is -0.454 e. The summed E-state index contributed by atoms with van der Waals surface area (Å²) in [6.45, 7) is 1.89. The first-order chi connectivity index (χ1) is 13.2. The number of thioether (sulfide) groups is 1. The summed E-state index contributed by atoms with van der Waals surface area (Å²) in [5.41, 5.74) is 1.06. The number of rotatable bonds is 4. The minimum absolute atomic E-state index is 0.00919. The van der Waals surface area contributed by atoms with Crippen molar-refractivity contribution >= 4 is 16.9 Å². The third kappa shape index (κ3) is 2.87. The highest BCUT2D eigenvalue weighted by molar-refractivity contribution is 8.14. The van der Waals surface area contributed by atoms with E-state index in [1.54, 1.807) is 11.8 Å². The Balaban J connectivity index is 1.49. The van der Waals surface area contributed by atoms with Crippen molar-refractivity contribution in [2.24, 2.45) is 4.99 Å². The van der Waals surface area contributed by atoms with Gasteiger partial charge in [-0.2, -0.15) is 0 Å². The summed E-state index contributed by atoms with van der Waals surface area (Å²) in [6, 6.07) is 16.2. The SMILES string of the molecule is OC1(c2ccc3c(c2)OCO3)C(CCc2ccccc2)SC2=NCCCN21. The molecule has 3 heterocycles. The van der Waals surface area contributed by atoms with Crippen molar-refractivity contribution in [2.75, 3.05) is 19.9 Å². The molecule has 5 rings (SSSR count). The molecule has 2 unspecified atom stereocenters. The molecular formula is C21H22N2O3S. The molecule has 2 aromatic carbocycles. The lowest BCUT2D eigenvalue weighted by Gasteiger charge is -2.39. The van der Waals surface area contributed by atoms with Gasteiger partial charge in [-0.1, -0.05) is 48.2 Å². The van der Waals surface area contributed by atoms with Crippen molar-refractivity contribution in [1.82, 2.24) is 4.90 Å². The van der Waals surface area contributed by atoms with Crippen molar-refractivity contribution in [1.29, 1.82) is 0 Å². The molecule has 27 heavy (non-hydrogen) atoms. The van der Waals surface area contributed by atoms with Crippen LogP contribution >= 0.6 is 11.8 Å². The van der Waals surface area contributed by atoms with E-state index in [1.807, 2.05) is 24.3 Å². The van der Waals surface area contributed by atoms with Crippen LogP contribution in [-0.2, 0) is 12.1 Å². The topological polar surface area (TPSA) is 54.3 Å². The third-order valence-corrected chi connectivity index (χ3v) is 6.87. The van der Waals surface area contributed by atoms with E-state index in [0.717, 1.165) is 48.8 Å². The first kappa shape index (κ1) is 17.0. The van der Waals surface area contributed by atoms with Crippen LogP contribution in [0.4, 0.5) is 0 Å². The molecule has 2 aromatic rings. The zero-order valence-electron chi connectivity index (χ0n) is 15.0. The van der Waals surface area contributed by atoms with Crippen molar-refractivity contribution < 1.29 is 14.6 Å². The van der Waals surface area contributed by atoms with Crippen LogP contribution in [0.2, 0.25) is 0 Å². The number of ether oxygens (including phenoxy) is 2. The molecule has 0 radical (unpaired) electrons. The molecule has 1 saturated heterocycles. The summed E-state index contributed by atoms with van der Waals surface area (Å²) in [4.78, 5) is 6.76. The Morgan fingerprint density at radius 3 is 2.89 bits per heavy atom. The second-order valence-electron chi connectivity index (χ2n) is 7.09. The quantitative estimate of drug-likeness (QED) is 0.879. The van der Waals surface area contributed by atoms with Crippen LogP contribution in [0.1, 0.15) is 24.0 Å². The number of nitrogens with zero attached hydrogens (tertiary/aromatic N) is 2. The van der Waals surface area contributed by atoms with Crippen LogP contribution in [0.5, 0.6) is 11.5 Å². The summed E-state index contributed by atoms with van der Waals surface area (Å²) < 4.78 is 11.0. The highest BCUT2D eigenvalue weighted by Gasteiger charge is 2.53. The number of aryl methyl sites for hydroxylation is 1. The Morgan fingerprint density at radius 1 is 1.15 bits per heavy atom. The molecule has 1 fully saturated rings. The highest BCUT2D eigenvalue weighted by Crippen LogP contribution is 2.49. The Hall–Kier alpha value is -2.18. The van der Waals surface area contributed by atoms with Crippen LogP contribution in [0, 0.1) is 0 Å². The van der Waals surface area contributed by atoms with E-state index in [0.29, 0.717) is 5.75 Å². The van der Waals surface area contributed by atoms with Gasteiger partial charge in [0, 0.05) is 18.7 Å². The molecule has 140 valence electrons. The second kappa shape index (κ2) is 6.77. The van der Waals surface area contributed by atoms with Crippen LogP contribution in [-0.4, -0.2) is 40.3 Å². The lowest BCUT2D eigenvalue weighted by molar-refractivity contribution is -0.0735. The van der Waals surface area contributed by atoms with Crippen LogP contribution in [0.15, 0.2) is 53.5 Å². The first-order valence-corrected chi connectivity index (χ1v) is 10.3. The fraction of sp³-hybridized carbons (Fsp3) is 0.381. The molecule has 0 amide bonds. The van der Waals surface area contributed by atoms with E-state index in [9.17, 15) is 5.11 Å². The Bertz CT molecular complexity index is 873. The largest absolute Gasteiger partial charge is 0.454 e. The summed E-state index contributed by atoms with van der Waals surface area (Å²) in [6.07, 6.45) is 2.75. The predicted molar refractivity (Wildman–Crippen MR) is 106 cm³/mol.